The minimum Gasteiger partial charge on any atom is -0.484 e. The van der Waals surface area contributed by atoms with Gasteiger partial charge in [-0.15, -0.1) is 10.2 Å². The van der Waals surface area contributed by atoms with E-state index < -0.39 is 0 Å². The first-order chi connectivity index (χ1) is 16.2. The van der Waals surface area contributed by atoms with Gasteiger partial charge in [0, 0.05) is 30.8 Å². The molecule has 33 heavy (non-hydrogen) atoms. The van der Waals surface area contributed by atoms with Gasteiger partial charge in [-0.05, 0) is 37.1 Å². The van der Waals surface area contributed by atoms with Crippen LogP contribution in [-0.2, 0) is 4.79 Å². The Morgan fingerprint density at radius 2 is 1.85 bits per heavy atom. The van der Waals surface area contributed by atoms with E-state index in [1.54, 1.807) is 18.2 Å². The second kappa shape index (κ2) is 9.45. The predicted molar refractivity (Wildman–Crippen MR) is 121 cm³/mol. The number of piperidine rings is 1. The van der Waals surface area contributed by atoms with E-state index >= 15 is 0 Å². The summed E-state index contributed by atoms with van der Waals surface area (Å²) in [7, 11) is 0. The molecule has 0 spiro atoms. The molecule has 1 fully saturated rings. The number of anilines is 1. The Hall–Kier alpha value is -3.66. The molecule has 5 rings (SSSR count). The van der Waals surface area contributed by atoms with Gasteiger partial charge in [0.1, 0.15) is 10.8 Å². The van der Waals surface area contributed by atoms with Crippen LogP contribution in [0.4, 0.5) is 5.69 Å². The van der Waals surface area contributed by atoms with E-state index in [1.807, 2.05) is 35.2 Å². The zero-order valence-corrected chi connectivity index (χ0v) is 18.5. The van der Waals surface area contributed by atoms with Crippen LogP contribution in [0.3, 0.4) is 0 Å². The fourth-order valence-electron chi connectivity index (χ4n) is 3.78. The highest BCUT2D eigenvalue weighted by Crippen LogP contribution is 2.35. The molecule has 0 atom stereocenters. The molecule has 3 heterocycles. The molecular formula is C23H22N4O5S. The molecule has 2 aromatic carbocycles. The van der Waals surface area contributed by atoms with Gasteiger partial charge in [0.05, 0.1) is 0 Å². The van der Waals surface area contributed by atoms with E-state index in [0.29, 0.717) is 41.0 Å². The van der Waals surface area contributed by atoms with Gasteiger partial charge in [-0.1, -0.05) is 29.5 Å². The first kappa shape index (κ1) is 21.2. The van der Waals surface area contributed by atoms with E-state index in [2.05, 4.69) is 15.5 Å². The molecule has 0 bridgehead atoms. The number of hydrogen-bond donors (Lipinski definition) is 1. The normalized spacial score (nSPS) is 15.3. The van der Waals surface area contributed by atoms with Gasteiger partial charge in [0.2, 0.25) is 11.8 Å². The van der Waals surface area contributed by atoms with Crippen LogP contribution in [0, 0.1) is 0 Å². The van der Waals surface area contributed by atoms with Crippen LogP contribution in [-0.4, -0.2) is 53.4 Å². The zero-order chi connectivity index (χ0) is 22.6. The fraction of sp³-hybridized carbons (Fsp3) is 0.304. The van der Waals surface area contributed by atoms with Crippen molar-refractivity contribution in [1.29, 1.82) is 0 Å². The van der Waals surface area contributed by atoms with E-state index in [9.17, 15) is 9.59 Å². The molecule has 2 aliphatic heterocycles. The van der Waals surface area contributed by atoms with Crippen molar-refractivity contribution in [1.82, 2.24) is 15.1 Å². The molecule has 9 nitrogen and oxygen atoms in total. The highest BCUT2D eigenvalue weighted by Gasteiger charge is 2.27. The maximum Gasteiger partial charge on any atom is 0.286 e. The quantitative estimate of drug-likeness (QED) is 0.595. The molecule has 0 radical (unpaired) electrons. The standard InChI is InChI=1S/C23H22N4O5S/c28-20(13-30-17-4-2-1-3-5-17)27-10-8-15(9-11-27)22-25-26-23(33-22)21(29)24-16-6-7-18-19(12-16)32-14-31-18/h1-7,12,15H,8-11,13-14H2,(H,24,29). The van der Waals surface area contributed by atoms with Gasteiger partial charge >= 0.3 is 0 Å². The van der Waals surface area contributed by atoms with E-state index in [4.69, 9.17) is 14.2 Å². The third-order valence-corrected chi connectivity index (χ3v) is 6.65. The van der Waals surface area contributed by atoms with Crippen LogP contribution in [0.25, 0.3) is 0 Å². The summed E-state index contributed by atoms with van der Waals surface area (Å²) in [5.74, 6) is 1.76. The van der Waals surface area contributed by atoms with Crippen molar-refractivity contribution in [3.05, 3.63) is 58.5 Å². The van der Waals surface area contributed by atoms with Gasteiger partial charge < -0.3 is 24.4 Å². The molecule has 170 valence electrons. The molecule has 0 saturated carbocycles. The largest absolute Gasteiger partial charge is 0.484 e. The maximum atomic E-state index is 12.6. The van der Waals surface area contributed by atoms with Crippen LogP contribution in [0.2, 0.25) is 0 Å². The van der Waals surface area contributed by atoms with E-state index in [0.717, 1.165) is 17.8 Å². The molecule has 1 aromatic heterocycles. The molecule has 1 saturated heterocycles. The number of benzene rings is 2. The molecule has 10 heteroatoms. The Morgan fingerprint density at radius 1 is 1.06 bits per heavy atom. The first-order valence-electron chi connectivity index (χ1n) is 10.7. The third-order valence-electron chi connectivity index (χ3n) is 5.57. The van der Waals surface area contributed by atoms with Crippen molar-refractivity contribution in [2.45, 2.75) is 18.8 Å². The molecule has 0 aliphatic carbocycles. The molecule has 2 aliphatic rings. The average molecular weight is 467 g/mol. The van der Waals surface area contributed by atoms with Gasteiger partial charge in [-0.25, -0.2) is 0 Å². The highest BCUT2D eigenvalue weighted by molar-refractivity contribution is 7.13. The lowest BCUT2D eigenvalue weighted by atomic mass is 9.98. The van der Waals surface area contributed by atoms with E-state index in [1.165, 1.54) is 11.3 Å². The van der Waals surface area contributed by atoms with Crippen LogP contribution in [0.15, 0.2) is 48.5 Å². The van der Waals surface area contributed by atoms with Crippen LogP contribution in [0.1, 0.15) is 33.6 Å². The Bertz CT molecular complexity index is 1140. The summed E-state index contributed by atoms with van der Waals surface area (Å²) < 4.78 is 16.2. The van der Waals surface area contributed by atoms with Crippen molar-refractivity contribution in [2.75, 3.05) is 31.8 Å². The number of carbonyl (C=O) groups is 2. The summed E-state index contributed by atoms with van der Waals surface area (Å²) in [6.07, 6.45) is 1.55. The van der Waals surface area contributed by atoms with Crippen LogP contribution in [0.5, 0.6) is 17.2 Å². The second-order valence-corrected chi connectivity index (χ2v) is 8.73. The second-order valence-electron chi connectivity index (χ2n) is 7.72. The lowest BCUT2D eigenvalue weighted by Gasteiger charge is -2.30. The number of hydrogen-bond acceptors (Lipinski definition) is 8. The summed E-state index contributed by atoms with van der Waals surface area (Å²) in [4.78, 5) is 26.9. The van der Waals surface area contributed by atoms with Crippen LogP contribution < -0.4 is 19.5 Å². The smallest absolute Gasteiger partial charge is 0.286 e. The predicted octanol–water partition coefficient (Wildman–Crippen LogP) is 3.30. The summed E-state index contributed by atoms with van der Waals surface area (Å²) >= 11 is 1.29. The molecule has 2 amide bonds. The number of para-hydroxylation sites is 1. The minimum absolute atomic E-state index is 0.0255. The number of amides is 2. The molecule has 1 N–H and O–H groups in total. The molecular weight excluding hydrogens is 444 g/mol. The number of carbonyl (C=O) groups excluding carboxylic acids is 2. The number of aromatic nitrogens is 2. The van der Waals surface area contributed by atoms with Crippen molar-refractivity contribution in [3.8, 4) is 17.2 Å². The monoisotopic (exact) mass is 466 g/mol. The SMILES string of the molecule is O=C(Nc1ccc2c(c1)OCO2)c1nnc(C2CCN(C(=O)COc3ccccc3)CC2)s1. The Kier molecular flexibility index (Phi) is 6.07. The minimum atomic E-state index is -0.316. The number of nitrogens with zero attached hydrogens (tertiary/aromatic N) is 3. The van der Waals surface area contributed by atoms with E-state index in [-0.39, 0.29) is 31.1 Å². The fourth-order valence-corrected chi connectivity index (χ4v) is 4.69. The van der Waals surface area contributed by atoms with Crippen molar-refractivity contribution >= 4 is 28.8 Å². The van der Waals surface area contributed by atoms with Gasteiger partial charge in [0.25, 0.3) is 11.8 Å². The summed E-state index contributed by atoms with van der Waals surface area (Å²) in [5, 5.41) is 12.3. The first-order valence-corrected chi connectivity index (χ1v) is 11.5. The lowest BCUT2D eigenvalue weighted by molar-refractivity contribution is -0.134. The third kappa shape index (κ3) is 4.90. The van der Waals surface area contributed by atoms with Crippen molar-refractivity contribution in [2.24, 2.45) is 0 Å². The molecule has 0 unspecified atom stereocenters. The Balaban J connectivity index is 1.12. The summed E-state index contributed by atoms with van der Waals surface area (Å²) in [6.45, 7) is 1.45. The number of rotatable bonds is 6. The lowest BCUT2D eigenvalue weighted by Crippen LogP contribution is -2.40. The molecule has 3 aromatic rings. The van der Waals surface area contributed by atoms with Gasteiger partial charge in [-0.2, -0.15) is 0 Å². The zero-order valence-electron chi connectivity index (χ0n) is 17.7. The Morgan fingerprint density at radius 3 is 2.67 bits per heavy atom. The maximum absolute atomic E-state index is 12.6. The summed E-state index contributed by atoms with van der Waals surface area (Å²) in [6, 6.07) is 14.5. The number of nitrogens with one attached hydrogen (secondary N) is 1. The highest BCUT2D eigenvalue weighted by atomic mass is 32.1. The number of fused-ring (bicyclic) bond motifs is 1. The Labute approximate surface area is 194 Å². The summed E-state index contributed by atoms with van der Waals surface area (Å²) in [5.41, 5.74) is 0.602. The van der Waals surface area contributed by atoms with Crippen LogP contribution >= 0.6 is 11.3 Å². The topological polar surface area (TPSA) is 103 Å². The average Bonchev–Trinajstić information content (AvgIpc) is 3.53. The van der Waals surface area contributed by atoms with Crippen molar-refractivity contribution < 1.29 is 23.8 Å². The van der Waals surface area contributed by atoms with Gasteiger partial charge in [-0.3, -0.25) is 9.59 Å². The number of likely N-dealkylation sites (tertiary alicyclic amines) is 1. The van der Waals surface area contributed by atoms with Crippen molar-refractivity contribution in [3.63, 3.8) is 0 Å². The van der Waals surface area contributed by atoms with Gasteiger partial charge in [0.15, 0.2) is 18.1 Å². The number of ether oxygens (including phenoxy) is 3.